The van der Waals surface area contributed by atoms with Crippen LogP contribution in [-0.4, -0.2) is 16.5 Å². The highest BCUT2D eigenvalue weighted by atomic mass is 35.5. The average molecular weight is 250 g/mol. The summed E-state index contributed by atoms with van der Waals surface area (Å²) in [6.45, 7) is 2.83. The largest absolute Gasteiger partial charge is 0.367 e. The maximum atomic E-state index is 8.80. The number of unbranched alkanes of at least 4 members (excludes halogenated alkanes) is 2. The SMILES string of the molecule is CCCCCNc1nc(C#N)c(C#N)nc1Cl. The van der Waals surface area contributed by atoms with Gasteiger partial charge in [-0.25, -0.2) is 9.97 Å². The van der Waals surface area contributed by atoms with Gasteiger partial charge in [0, 0.05) is 6.54 Å². The van der Waals surface area contributed by atoms with E-state index in [1.807, 2.05) is 6.07 Å². The Morgan fingerprint density at radius 1 is 1.18 bits per heavy atom. The lowest BCUT2D eigenvalue weighted by molar-refractivity contribution is 0.742. The van der Waals surface area contributed by atoms with E-state index in [2.05, 4.69) is 22.2 Å². The third kappa shape index (κ3) is 3.58. The van der Waals surface area contributed by atoms with E-state index >= 15 is 0 Å². The number of aromatic nitrogens is 2. The van der Waals surface area contributed by atoms with Gasteiger partial charge in [0.25, 0.3) is 0 Å². The standard InChI is InChI=1S/C11H12ClN5/c1-2-3-4-5-15-11-10(12)16-8(6-13)9(7-14)17-11/h2-5H2,1H3,(H,15,17). The van der Waals surface area contributed by atoms with Gasteiger partial charge in [-0.15, -0.1) is 0 Å². The van der Waals surface area contributed by atoms with Gasteiger partial charge in [-0.05, 0) is 6.42 Å². The first kappa shape index (κ1) is 13.2. The van der Waals surface area contributed by atoms with Crippen molar-refractivity contribution in [3.05, 3.63) is 16.5 Å². The molecule has 0 spiro atoms. The third-order valence-corrected chi connectivity index (χ3v) is 2.40. The smallest absolute Gasteiger partial charge is 0.179 e. The van der Waals surface area contributed by atoms with E-state index in [0.717, 1.165) is 25.8 Å². The minimum absolute atomic E-state index is 0.00473. The molecule has 0 amide bonds. The number of anilines is 1. The molecule has 0 atom stereocenters. The van der Waals surface area contributed by atoms with Crippen LogP contribution in [0.1, 0.15) is 37.6 Å². The molecule has 1 N–H and O–H groups in total. The number of nitrogens with zero attached hydrogens (tertiary/aromatic N) is 4. The maximum absolute atomic E-state index is 8.80. The average Bonchev–Trinajstić information content (AvgIpc) is 2.35. The number of nitriles is 2. The molecule has 0 saturated carbocycles. The third-order valence-electron chi connectivity index (χ3n) is 2.14. The molecule has 0 aromatic carbocycles. The molecule has 5 nitrogen and oxygen atoms in total. The number of nitrogens with one attached hydrogen (secondary N) is 1. The Hall–Kier alpha value is -1.85. The normalized spacial score (nSPS) is 9.41. The van der Waals surface area contributed by atoms with E-state index < -0.39 is 0 Å². The molecule has 0 bridgehead atoms. The van der Waals surface area contributed by atoms with Gasteiger partial charge >= 0.3 is 0 Å². The first-order valence-electron chi connectivity index (χ1n) is 5.34. The molecule has 0 aliphatic rings. The summed E-state index contributed by atoms with van der Waals surface area (Å²) >= 11 is 5.85. The Kier molecular flexibility index (Phi) is 5.19. The van der Waals surface area contributed by atoms with Gasteiger partial charge in [-0.2, -0.15) is 10.5 Å². The highest BCUT2D eigenvalue weighted by molar-refractivity contribution is 6.31. The van der Waals surface area contributed by atoms with Crippen LogP contribution in [0.4, 0.5) is 5.82 Å². The van der Waals surface area contributed by atoms with Crippen molar-refractivity contribution in [3.8, 4) is 12.1 Å². The van der Waals surface area contributed by atoms with Crippen molar-refractivity contribution >= 4 is 17.4 Å². The second-order valence-electron chi connectivity index (χ2n) is 3.42. The summed E-state index contributed by atoms with van der Waals surface area (Å²) in [7, 11) is 0. The second kappa shape index (κ2) is 6.67. The predicted octanol–water partition coefficient (Wildman–Crippen LogP) is 2.48. The van der Waals surface area contributed by atoms with Gasteiger partial charge in [0.1, 0.15) is 12.1 Å². The quantitative estimate of drug-likeness (QED) is 0.810. The van der Waals surface area contributed by atoms with Crippen molar-refractivity contribution < 1.29 is 0 Å². The molecule has 0 aliphatic carbocycles. The topological polar surface area (TPSA) is 85.4 Å². The van der Waals surface area contributed by atoms with E-state index in [1.165, 1.54) is 0 Å². The van der Waals surface area contributed by atoms with Crippen LogP contribution in [0.5, 0.6) is 0 Å². The Bertz CT molecular complexity index is 472. The number of rotatable bonds is 5. The molecule has 1 aromatic heterocycles. The molecule has 0 aliphatic heterocycles. The molecule has 0 fully saturated rings. The Morgan fingerprint density at radius 3 is 2.41 bits per heavy atom. The minimum Gasteiger partial charge on any atom is -0.367 e. The zero-order valence-electron chi connectivity index (χ0n) is 9.50. The summed E-state index contributed by atoms with van der Waals surface area (Å²) in [5.41, 5.74) is -0.0495. The molecule has 88 valence electrons. The predicted molar refractivity (Wildman–Crippen MR) is 64.5 cm³/mol. The lowest BCUT2D eigenvalue weighted by Gasteiger charge is -2.06. The fourth-order valence-electron chi connectivity index (χ4n) is 1.27. The van der Waals surface area contributed by atoms with E-state index in [1.54, 1.807) is 6.07 Å². The molecule has 1 heterocycles. The fraction of sp³-hybridized carbons (Fsp3) is 0.455. The Balaban J connectivity index is 2.80. The first-order valence-corrected chi connectivity index (χ1v) is 5.72. The van der Waals surface area contributed by atoms with E-state index in [4.69, 9.17) is 22.1 Å². The van der Waals surface area contributed by atoms with Gasteiger partial charge in [-0.3, -0.25) is 0 Å². The van der Waals surface area contributed by atoms with Crippen molar-refractivity contribution in [2.75, 3.05) is 11.9 Å². The van der Waals surface area contributed by atoms with Crippen molar-refractivity contribution in [2.24, 2.45) is 0 Å². The molecular formula is C11H12ClN5. The van der Waals surface area contributed by atoms with Gasteiger partial charge < -0.3 is 5.32 Å². The van der Waals surface area contributed by atoms with Gasteiger partial charge in [-0.1, -0.05) is 31.4 Å². The fourth-order valence-corrected chi connectivity index (χ4v) is 1.46. The van der Waals surface area contributed by atoms with Gasteiger partial charge in [0.2, 0.25) is 0 Å². The number of hydrogen-bond donors (Lipinski definition) is 1. The zero-order valence-corrected chi connectivity index (χ0v) is 10.3. The zero-order chi connectivity index (χ0) is 12.7. The van der Waals surface area contributed by atoms with Crippen LogP contribution in [0, 0.1) is 22.7 Å². The Labute approximate surface area is 105 Å². The lowest BCUT2D eigenvalue weighted by Crippen LogP contribution is -2.07. The highest BCUT2D eigenvalue weighted by Crippen LogP contribution is 2.18. The molecule has 1 rings (SSSR count). The summed E-state index contributed by atoms with van der Waals surface area (Å²) in [5.74, 6) is 0.360. The van der Waals surface area contributed by atoms with Crippen LogP contribution in [0.2, 0.25) is 5.15 Å². The number of halogens is 1. The summed E-state index contributed by atoms with van der Waals surface area (Å²) < 4.78 is 0. The highest BCUT2D eigenvalue weighted by Gasteiger charge is 2.11. The van der Waals surface area contributed by atoms with Crippen LogP contribution in [0.25, 0.3) is 0 Å². The monoisotopic (exact) mass is 249 g/mol. The van der Waals surface area contributed by atoms with Crippen LogP contribution in [0.3, 0.4) is 0 Å². The van der Waals surface area contributed by atoms with E-state index in [9.17, 15) is 0 Å². The van der Waals surface area contributed by atoms with Crippen molar-refractivity contribution in [3.63, 3.8) is 0 Å². The van der Waals surface area contributed by atoms with Gasteiger partial charge in [0.15, 0.2) is 22.4 Å². The van der Waals surface area contributed by atoms with E-state index in [-0.39, 0.29) is 16.5 Å². The summed E-state index contributed by atoms with van der Waals surface area (Å²) in [6.07, 6.45) is 3.23. The number of hydrogen-bond acceptors (Lipinski definition) is 5. The van der Waals surface area contributed by atoms with Crippen LogP contribution in [-0.2, 0) is 0 Å². The van der Waals surface area contributed by atoms with Crippen LogP contribution >= 0.6 is 11.6 Å². The van der Waals surface area contributed by atoms with Crippen LogP contribution in [0.15, 0.2) is 0 Å². The van der Waals surface area contributed by atoms with Crippen molar-refractivity contribution in [1.82, 2.24) is 9.97 Å². The lowest BCUT2D eigenvalue weighted by atomic mass is 10.2. The molecule has 6 heteroatoms. The second-order valence-corrected chi connectivity index (χ2v) is 3.78. The summed E-state index contributed by atoms with van der Waals surface area (Å²) in [6, 6.07) is 3.60. The van der Waals surface area contributed by atoms with Gasteiger partial charge in [0.05, 0.1) is 0 Å². The Morgan fingerprint density at radius 2 is 1.82 bits per heavy atom. The molecule has 0 unspecified atom stereocenters. The minimum atomic E-state index is -0.0448. The van der Waals surface area contributed by atoms with Crippen molar-refractivity contribution in [1.29, 1.82) is 10.5 Å². The van der Waals surface area contributed by atoms with E-state index in [0.29, 0.717) is 5.82 Å². The molecule has 0 radical (unpaired) electrons. The summed E-state index contributed by atoms with van der Waals surface area (Å²) in [4.78, 5) is 7.79. The molecule has 17 heavy (non-hydrogen) atoms. The van der Waals surface area contributed by atoms with Crippen LogP contribution < -0.4 is 5.32 Å². The molecular weight excluding hydrogens is 238 g/mol. The van der Waals surface area contributed by atoms with Crippen molar-refractivity contribution in [2.45, 2.75) is 26.2 Å². The first-order chi connectivity index (χ1) is 8.22. The summed E-state index contributed by atoms with van der Waals surface area (Å²) in [5, 5.41) is 20.7. The molecule has 1 aromatic rings. The maximum Gasteiger partial charge on any atom is 0.179 e. The molecule has 0 saturated heterocycles.